The molecule has 1 heterocycles. The van der Waals surface area contributed by atoms with Crippen LogP contribution in [-0.4, -0.2) is 6.04 Å². The van der Waals surface area contributed by atoms with E-state index in [1.165, 1.54) is 16.8 Å². The van der Waals surface area contributed by atoms with Crippen LogP contribution >= 0.6 is 15.9 Å². The minimum absolute atomic E-state index is 0.529. The molecule has 1 nitrogen and oxygen atoms in total. The smallest absolute Gasteiger partial charge is 0.0375 e. The first-order valence-electron chi connectivity index (χ1n) is 5.90. The van der Waals surface area contributed by atoms with E-state index in [0.717, 1.165) is 17.3 Å². The largest absolute Gasteiger partial charge is 0.381 e. The van der Waals surface area contributed by atoms with Crippen LogP contribution in [0.5, 0.6) is 0 Å². The summed E-state index contributed by atoms with van der Waals surface area (Å²) in [5.41, 5.74) is 4.12. The summed E-state index contributed by atoms with van der Waals surface area (Å²) in [6.07, 6.45) is 2.21. The Balaban J connectivity index is 1.74. The zero-order valence-corrected chi connectivity index (χ0v) is 11.1. The van der Waals surface area contributed by atoms with Gasteiger partial charge in [0, 0.05) is 16.2 Å². The Labute approximate surface area is 110 Å². The zero-order chi connectivity index (χ0) is 11.7. The summed E-state index contributed by atoms with van der Waals surface area (Å²) in [6.45, 7) is 0. The number of rotatable bonds is 2. The maximum atomic E-state index is 3.59. The summed E-state index contributed by atoms with van der Waals surface area (Å²) in [7, 11) is 0. The van der Waals surface area contributed by atoms with Gasteiger partial charge in [0.05, 0.1) is 0 Å². The van der Waals surface area contributed by atoms with Gasteiger partial charge in [0.2, 0.25) is 0 Å². The monoisotopic (exact) mass is 287 g/mol. The molecule has 0 radical (unpaired) electrons. The Morgan fingerprint density at radius 1 is 1.12 bits per heavy atom. The normalized spacial score (nSPS) is 17.6. The first kappa shape index (κ1) is 10.8. The lowest BCUT2D eigenvalue weighted by atomic mass is 10.0. The van der Waals surface area contributed by atoms with Crippen LogP contribution in [0.3, 0.4) is 0 Å². The van der Waals surface area contributed by atoms with Crippen LogP contribution in [-0.2, 0) is 12.8 Å². The third kappa shape index (κ3) is 2.37. The summed E-state index contributed by atoms with van der Waals surface area (Å²) < 4.78 is 1.16. The van der Waals surface area contributed by atoms with Gasteiger partial charge in [0.15, 0.2) is 0 Å². The van der Waals surface area contributed by atoms with Crippen molar-refractivity contribution in [2.75, 3.05) is 5.32 Å². The van der Waals surface area contributed by atoms with Gasteiger partial charge in [-0.2, -0.15) is 0 Å². The van der Waals surface area contributed by atoms with Gasteiger partial charge in [-0.05, 0) is 42.2 Å². The van der Waals surface area contributed by atoms with Crippen LogP contribution in [0.1, 0.15) is 11.1 Å². The summed E-state index contributed by atoms with van der Waals surface area (Å²) in [5, 5.41) is 3.59. The Kier molecular flexibility index (Phi) is 2.89. The van der Waals surface area contributed by atoms with E-state index in [1.807, 2.05) is 0 Å². The van der Waals surface area contributed by atoms with E-state index in [1.54, 1.807) is 0 Å². The van der Waals surface area contributed by atoms with E-state index in [2.05, 4.69) is 69.8 Å². The standard InChI is InChI=1S/C15H14BrN/c16-13-6-3-4-11(8-13)9-14-10-12-5-1-2-7-15(12)17-14/h1-8,14,17H,9-10H2. The maximum absolute atomic E-state index is 3.59. The molecule has 0 fully saturated rings. The van der Waals surface area contributed by atoms with Gasteiger partial charge >= 0.3 is 0 Å². The summed E-state index contributed by atoms with van der Waals surface area (Å²) in [6, 6.07) is 17.7. The molecule has 0 bridgehead atoms. The predicted octanol–water partition coefficient (Wildman–Crippen LogP) is 4.03. The van der Waals surface area contributed by atoms with Crippen molar-refractivity contribution in [3.05, 3.63) is 64.1 Å². The second kappa shape index (κ2) is 4.53. The van der Waals surface area contributed by atoms with Crippen molar-refractivity contribution in [3.63, 3.8) is 0 Å². The van der Waals surface area contributed by atoms with Crippen LogP contribution in [0, 0.1) is 0 Å². The maximum Gasteiger partial charge on any atom is 0.0375 e. The summed E-state index contributed by atoms with van der Waals surface area (Å²) in [5.74, 6) is 0. The first-order chi connectivity index (χ1) is 8.31. The fourth-order valence-electron chi connectivity index (χ4n) is 2.45. The Morgan fingerprint density at radius 3 is 2.82 bits per heavy atom. The Morgan fingerprint density at radius 2 is 2.00 bits per heavy atom. The third-order valence-corrected chi connectivity index (χ3v) is 3.71. The summed E-state index contributed by atoms with van der Waals surface area (Å²) in [4.78, 5) is 0. The average Bonchev–Trinajstić information content (AvgIpc) is 2.71. The minimum atomic E-state index is 0.529. The molecular formula is C15H14BrN. The Hall–Kier alpha value is -1.28. The van der Waals surface area contributed by atoms with E-state index in [0.29, 0.717) is 6.04 Å². The number of halogens is 1. The van der Waals surface area contributed by atoms with Gasteiger partial charge in [-0.3, -0.25) is 0 Å². The van der Waals surface area contributed by atoms with Crippen molar-refractivity contribution in [2.24, 2.45) is 0 Å². The molecular weight excluding hydrogens is 274 g/mol. The van der Waals surface area contributed by atoms with Gasteiger partial charge in [-0.25, -0.2) is 0 Å². The highest BCUT2D eigenvalue weighted by atomic mass is 79.9. The first-order valence-corrected chi connectivity index (χ1v) is 6.69. The molecule has 0 saturated carbocycles. The molecule has 0 spiro atoms. The van der Waals surface area contributed by atoms with Gasteiger partial charge in [0.1, 0.15) is 0 Å². The van der Waals surface area contributed by atoms with Gasteiger partial charge in [0.25, 0.3) is 0 Å². The molecule has 2 heteroatoms. The number of nitrogens with one attached hydrogen (secondary N) is 1. The molecule has 0 aliphatic carbocycles. The van der Waals surface area contributed by atoms with E-state index in [9.17, 15) is 0 Å². The molecule has 0 aromatic heterocycles. The van der Waals surface area contributed by atoms with Crippen molar-refractivity contribution in [1.82, 2.24) is 0 Å². The van der Waals surface area contributed by atoms with Gasteiger partial charge in [-0.1, -0.05) is 46.3 Å². The lowest BCUT2D eigenvalue weighted by Crippen LogP contribution is -2.18. The number of fused-ring (bicyclic) bond motifs is 1. The molecule has 2 aromatic carbocycles. The van der Waals surface area contributed by atoms with Crippen molar-refractivity contribution in [2.45, 2.75) is 18.9 Å². The highest BCUT2D eigenvalue weighted by Crippen LogP contribution is 2.27. The second-order valence-corrected chi connectivity index (χ2v) is 5.45. The second-order valence-electron chi connectivity index (χ2n) is 4.54. The third-order valence-electron chi connectivity index (χ3n) is 3.21. The zero-order valence-electron chi connectivity index (χ0n) is 9.49. The molecule has 1 atom stereocenters. The number of anilines is 1. The van der Waals surface area contributed by atoms with Crippen molar-refractivity contribution in [1.29, 1.82) is 0 Å². The molecule has 3 rings (SSSR count). The molecule has 0 saturated heterocycles. The fourth-order valence-corrected chi connectivity index (χ4v) is 2.89. The quantitative estimate of drug-likeness (QED) is 0.879. The average molecular weight is 288 g/mol. The molecule has 2 aromatic rings. The van der Waals surface area contributed by atoms with Crippen molar-refractivity contribution in [3.8, 4) is 0 Å². The predicted molar refractivity (Wildman–Crippen MR) is 75.4 cm³/mol. The number of para-hydroxylation sites is 1. The van der Waals surface area contributed by atoms with Crippen LogP contribution in [0.15, 0.2) is 53.0 Å². The summed E-state index contributed by atoms with van der Waals surface area (Å²) >= 11 is 3.52. The lowest BCUT2D eigenvalue weighted by molar-refractivity contribution is 0.746. The van der Waals surface area contributed by atoms with E-state index >= 15 is 0 Å². The van der Waals surface area contributed by atoms with E-state index in [4.69, 9.17) is 0 Å². The topological polar surface area (TPSA) is 12.0 Å². The van der Waals surface area contributed by atoms with E-state index in [-0.39, 0.29) is 0 Å². The number of benzene rings is 2. The number of hydrogen-bond acceptors (Lipinski definition) is 1. The Bertz CT molecular complexity index is 511. The molecule has 1 aliphatic rings. The van der Waals surface area contributed by atoms with Crippen LogP contribution < -0.4 is 5.32 Å². The molecule has 1 N–H and O–H groups in total. The van der Waals surface area contributed by atoms with Crippen molar-refractivity contribution < 1.29 is 0 Å². The van der Waals surface area contributed by atoms with Crippen molar-refractivity contribution >= 4 is 21.6 Å². The highest BCUT2D eigenvalue weighted by molar-refractivity contribution is 9.10. The lowest BCUT2D eigenvalue weighted by Gasteiger charge is -2.11. The highest BCUT2D eigenvalue weighted by Gasteiger charge is 2.19. The minimum Gasteiger partial charge on any atom is -0.381 e. The fraction of sp³-hybridized carbons (Fsp3) is 0.200. The molecule has 0 amide bonds. The number of hydrogen-bond donors (Lipinski definition) is 1. The SMILES string of the molecule is Brc1cccc(CC2Cc3ccccc3N2)c1. The van der Waals surface area contributed by atoms with Gasteiger partial charge in [-0.15, -0.1) is 0 Å². The molecule has 17 heavy (non-hydrogen) atoms. The van der Waals surface area contributed by atoms with Crippen LogP contribution in [0.25, 0.3) is 0 Å². The molecule has 86 valence electrons. The van der Waals surface area contributed by atoms with Crippen LogP contribution in [0.4, 0.5) is 5.69 Å². The molecule has 1 aliphatic heterocycles. The van der Waals surface area contributed by atoms with Gasteiger partial charge < -0.3 is 5.32 Å². The molecule has 1 unspecified atom stereocenters. The van der Waals surface area contributed by atoms with Crippen LogP contribution in [0.2, 0.25) is 0 Å². The van der Waals surface area contributed by atoms with E-state index < -0.39 is 0 Å².